The zero-order valence-electron chi connectivity index (χ0n) is 24.3. The van der Waals surface area contributed by atoms with Crippen molar-refractivity contribution in [2.45, 2.75) is 52.6 Å². The highest BCUT2D eigenvalue weighted by molar-refractivity contribution is 6.34. The maximum atomic E-state index is 14.1. The molecule has 1 aromatic carbocycles. The fraction of sp³-hybridized carbons (Fsp3) is 0.312. The monoisotopic (exact) mass is 584 g/mol. The first-order chi connectivity index (χ1) is 20.1. The lowest BCUT2D eigenvalue weighted by molar-refractivity contribution is -0.128. The third kappa shape index (κ3) is 4.98. The first-order valence-electron chi connectivity index (χ1n) is 13.9. The molecule has 1 amide bonds. The quantitative estimate of drug-likeness (QED) is 0.222. The third-order valence-electron chi connectivity index (χ3n) is 7.78. The van der Waals surface area contributed by atoms with Gasteiger partial charge in [-0.1, -0.05) is 56.3 Å². The summed E-state index contributed by atoms with van der Waals surface area (Å²) in [6.07, 6.45) is 3.81. The van der Waals surface area contributed by atoms with Gasteiger partial charge in [0.25, 0.3) is 0 Å². The summed E-state index contributed by atoms with van der Waals surface area (Å²) in [4.78, 5) is 56.5. The number of fused-ring (bicyclic) bond motifs is 1. The second-order valence-corrected chi connectivity index (χ2v) is 11.4. The molecule has 4 aromatic rings. The van der Waals surface area contributed by atoms with Gasteiger partial charge in [-0.05, 0) is 50.5 Å². The molecule has 216 valence electrons. The van der Waals surface area contributed by atoms with Crippen molar-refractivity contribution >= 4 is 40.6 Å². The Morgan fingerprint density at radius 2 is 1.86 bits per heavy atom. The normalized spacial score (nSPS) is 17.1. The van der Waals surface area contributed by atoms with Crippen LogP contribution in [0.4, 0.5) is 5.82 Å². The number of hydrogen-bond acceptors (Lipinski definition) is 7. The molecule has 0 unspecified atom stereocenters. The second-order valence-electron chi connectivity index (χ2n) is 11.0. The number of aryl methyl sites for hydroxylation is 1. The van der Waals surface area contributed by atoms with E-state index in [4.69, 9.17) is 16.6 Å². The molecule has 3 aromatic heterocycles. The molecule has 1 aliphatic heterocycles. The molecule has 1 aliphatic rings. The van der Waals surface area contributed by atoms with Crippen molar-refractivity contribution in [1.82, 2.24) is 24.4 Å². The largest absolute Gasteiger partial charge is 0.355 e. The second kappa shape index (κ2) is 11.5. The van der Waals surface area contributed by atoms with E-state index in [2.05, 4.69) is 16.5 Å². The molecule has 0 radical (unpaired) electrons. The van der Waals surface area contributed by atoms with Gasteiger partial charge in [0.15, 0.2) is 11.9 Å². The Balaban J connectivity index is 1.84. The van der Waals surface area contributed by atoms with Crippen LogP contribution < -0.4 is 10.6 Å². The Morgan fingerprint density at radius 3 is 2.55 bits per heavy atom. The van der Waals surface area contributed by atoms with Gasteiger partial charge < -0.3 is 9.80 Å². The summed E-state index contributed by atoms with van der Waals surface area (Å²) in [5.41, 5.74) is 3.41. The molecule has 0 N–H and O–H groups in total. The molecule has 0 saturated carbocycles. The van der Waals surface area contributed by atoms with Gasteiger partial charge in [-0.25, -0.2) is 14.3 Å². The summed E-state index contributed by atoms with van der Waals surface area (Å²) in [6.45, 7) is 14.4. The van der Waals surface area contributed by atoms with Crippen molar-refractivity contribution in [3.63, 3.8) is 0 Å². The minimum Gasteiger partial charge on any atom is -0.349 e. The average molecular weight is 585 g/mol. The van der Waals surface area contributed by atoms with E-state index < -0.39 is 5.69 Å². The van der Waals surface area contributed by atoms with Crippen molar-refractivity contribution in [1.29, 1.82) is 0 Å². The SMILES string of the molecule is C=CC(=O)N1C[C@H](C)N(c2nc(=O)n(-c3c(C)ccnc3C(C)C)c3nc(-c4ccccc4C=O)c(Cl)cc23)C[C@H]1C. The summed E-state index contributed by atoms with van der Waals surface area (Å²) < 4.78 is 1.51. The number of benzene rings is 1. The Hall–Kier alpha value is -4.37. The predicted molar refractivity (Wildman–Crippen MR) is 166 cm³/mol. The summed E-state index contributed by atoms with van der Waals surface area (Å²) in [7, 11) is 0. The lowest BCUT2D eigenvalue weighted by atomic mass is 10.0. The fourth-order valence-corrected chi connectivity index (χ4v) is 5.91. The maximum Gasteiger partial charge on any atom is 0.355 e. The fourth-order valence-electron chi connectivity index (χ4n) is 5.66. The van der Waals surface area contributed by atoms with Gasteiger partial charge in [-0.3, -0.25) is 14.6 Å². The summed E-state index contributed by atoms with van der Waals surface area (Å²) >= 11 is 6.89. The van der Waals surface area contributed by atoms with Gasteiger partial charge >= 0.3 is 5.69 Å². The topological polar surface area (TPSA) is 101 Å². The van der Waals surface area contributed by atoms with E-state index >= 15 is 0 Å². The number of nitrogens with zero attached hydrogens (tertiary/aromatic N) is 6. The number of piperazine rings is 1. The van der Waals surface area contributed by atoms with Gasteiger partial charge in [0.1, 0.15) is 5.82 Å². The molecule has 0 aliphatic carbocycles. The predicted octanol–water partition coefficient (Wildman–Crippen LogP) is 5.35. The first kappa shape index (κ1) is 29.1. The van der Waals surface area contributed by atoms with E-state index in [9.17, 15) is 14.4 Å². The lowest BCUT2D eigenvalue weighted by Gasteiger charge is -2.44. The van der Waals surface area contributed by atoms with Gasteiger partial charge in [-0.15, -0.1) is 0 Å². The molecule has 1 fully saturated rings. The van der Waals surface area contributed by atoms with Crippen LogP contribution in [0.2, 0.25) is 5.02 Å². The molecule has 42 heavy (non-hydrogen) atoms. The van der Waals surface area contributed by atoms with Crippen LogP contribution in [0.5, 0.6) is 0 Å². The molecule has 0 spiro atoms. The molecular weight excluding hydrogens is 552 g/mol. The lowest BCUT2D eigenvalue weighted by Crippen LogP contribution is -2.58. The number of carbonyl (C=O) groups is 2. The van der Waals surface area contributed by atoms with Gasteiger partial charge in [0, 0.05) is 42.5 Å². The van der Waals surface area contributed by atoms with E-state index in [1.807, 2.05) is 51.7 Å². The Kier molecular flexibility index (Phi) is 7.97. The Bertz CT molecular complexity index is 1780. The van der Waals surface area contributed by atoms with Gasteiger partial charge in [-0.2, -0.15) is 4.98 Å². The van der Waals surface area contributed by atoms with E-state index in [-0.39, 0.29) is 23.9 Å². The van der Waals surface area contributed by atoms with Crippen LogP contribution in [0.15, 0.2) is 60.0 Å². The molecule has 10 heteroatoms. The summed E-state index contributed by atoms with van der Waals surface area (Å²) in [5.74, 6) is 0.313. The minimum atomic E-state index is -0.510. The van der Waals surface area contributed by atoms with Crippen LogP contribution in [0, 0.1) is 6.92 Å². The summed E-state index contributed by atoms with van der Waals surface area (Å²) in [6, 6.07) is 10.4. The molecule has 9 nitrogen and oxygen atoms in total. The highest BCUT2D eigenvalue weighted by atomic mass is 35.5. The number of anilines is 1. The number of aromatic nitrogens is 4. The third-order valence-corrected chi connectivity index (χ3v) is 8.07. The highest BCUT2D eigenvalue weighted by Gasteiger charge is 2.34. The van der Waals surface area contributed by atoms with Crippen LogP contribution in [-0.2, 0) is 4.79 Å². The Morgan fingerprint density at radius 1 is 1.12 bits per heavy atom. The number of carbonyl (C=O) groups excluding carboxylic acids is 2. The van der Waals surface area contributed by atoms with Crippen molar-refractivity contribution < 1.29 is 9.59 Å². The van der Waals surface area contributed by atoms with Crippen LogP contribution in [0.1, 0.15) is 55.2 Å². The number of halogens is 1. The summed E-state index contributed by atoms with van der Waals surface area (Å²) in [5, 5.41) is 0.894. The first-order valence-corrected chi connectivity index (χ1v) is 14.3. The van der Waals surface area contributed by atoms with Crippen LogP contribution in [-0.4, -0.2) is 61.8 Å². The van der Waals surface area contributed by atoms with Crippen LogP contribution in [0.25, 0.3) is 28.0 Å². The molecule has 2 atom stereocenters. The standard InChI is InChI=1S/C32H33ClN6O3/c1-7-26(41)37-15-21(6)38(16-20(37)5)30-24-14-25(33)28(23-11-9-8-10-22(23)17-40)35-31(24)39(32(42)36-30)29-19(4)12-13-34-27(29)18(2)3/h7-14,17-18,20-21H,1,15-16H2,2-6H3/t20-,21+/m1/s1. The van der Waals surface area contributed by atoms with E-state index in [1.54, 1.807) is 35.4 Å². The van der Waals surface area contributed by atoms with Crippen LogP contribution >= 0.6 is 11.6 Å². The van der Waals surface area contributed by atoms with Crippen LogP contribution in [0.3, 0.4) is 0 Å². The number of hydrogen-bond donors (Lipinski definition) is 0. The molecule has 1 saturated heterocycles. The smallest absolute Gasteiger partial charge is 0.349 e. The zero-order chi connectivity index (χ0) is 30.3. The maximum absolute atomic E-state index is 14.1. The zero-order valence-corrected chi connectivity index (χ0v) is 25.1. The van der Waals surface area contributed by atoms with Crippen molar-refractivity contribution in [3.8, 4) is 16.9 Å². The minimum absolute atomic E-state index is 0.0143. The number of pyridine rings is 2. The van der Waals surface area contributed by atoms with E-state index in [0.717, 1.165) is 17.5 Å². The number of amides is 1. The van der Waals surface area contributed by atoms with Crippen molar-refractivity contribution in [3.05, 3.63) is 87.6 Å². The number of aldehydes is 1. The van der Waals surface area contributed by atoms with E-state index in [1.165, 1.54) is 10.6 Å². The van der Waals surface area contributed by atoms with Crippen molar-refractivity contribution in [2.75, 3.05) is 18.0 Å². The van der Waals surface area contributed by atoms with Gasteiger partial charge in [0.05, 0.1) is 27.5 Å². The molecule has 4 heterocycles. The molecular formula is C32H33ClN6O3. The molecule has 5 rings (SSSR count). The van der Waals surface area contributed by atoms with E-state index in [0.29, 0.717) is 57.5 Å². The van der Waals surface area contributed by atoms with Crippen molar-refractivity contribution in [2.24, 2.45) is 0 Å². The molecule has 0 bridgehead atoms. The Labute approximate surface area is 249 Å². The average Bonchev–Trinajstić information content (AvgIpc) is 2.97. The highest BCUT2D eigenvalue weighted by Crippen LogP contribution is 2.36. The number of rotatable bonds is 6. The van der Waals surface area contributed by atoms with Gasteiger partial charge in [0.2, 0.25) is 5.91 Å².